The monoisotopic (exact) mass is 297 g/mol. The van der Waals surface area contributed by atoms with Crippen LogP contribution in [0.3, 0.4) is 0 Å². The van der Waals surface area contributed by atoms with Crippen molar-refractivity contribution in [3.05, 3.63) is 22.2 Å². The molecule has 0 aliphatic rings. The van der Waals surface area contributed by atoms with Gasteiger partial charge in [0.05, 0.1) is 22.3 Å². The lowest BCUT2D eigenvalue weighted by atomic mass is 10.3. The largest absolute Gasteiger partial charge is 0.492 e. The van der Waals surface area contributed by atoms with Gasteiger partial charge in [-0.2, -0.15) is 0 Å². The van der Waals surface area contributed by atoms with E-state index in [1.807, 2.05) is 0 Å². The molecule has 0 saturated heterocycles. The lowest BCUT2D eigenvalue weighted by Crippen LogP contribution is -1.99. The Kier molecular flexibility index (Phi) is 4.85. The molecular formula is C9H10BrCl2NO. The number of rotatable bonds is 4. The maximum Gasteiger partial charge on any atom is 0.140 e. The molecule has 0 atom stereocenters. The highest BCUT2D eigenvalue weighted by Gasteiger charge is 2.05. The van der Waals surface area contributed by atoms with Gasteiger partial charge in [0.15, 0.2) is 0 Å². The van der Waals surface area contributed by atoms with E-state index in [-0.39, 0.29) is 0 Å². The molecule has 0 spiro atoms. The van der Waals surface area contributed by atoms with Crippen LogP contribution in [-0.4, -0.2) is 11.9 Å². The minimum absolute atomic E-state index is 0.447. The zero-order chi connectivity index (χ0) is 10.6. The number of alkyl halides is 1. The molecule has 0 bridgehead atoms. The summed E-state index contributed by atoms with van der Waals surface area (Å²) in [6.45, 7) is 0.603. The van der Waals surface area contributed by atoms with E-state index in [0.29, 0.717) is 28.1 Å². The van der Waals surface area contributed by atoms with Gasteiger partial charge in [-0.05, 0) is 12.5 Å². The normalized spacial score (nSPS) is 10.2. The topological polar surface area (TPSA) is 35.2 Å². The van der Waals surface area contributed by atoms with Crippen molar-refractivity contribution < 1.29 is 4.74 Å². The molecule has 0 aliphatic heterocycles. The first kappa shape index (κ1) is 12.0. The number of anilines is 1. The molecule has 1 aromatic rings. The fraction of sp³-hybridized carbons (Fsp3) is 0.333. The van der Waals surface area contributed by atoms with Crippen molar-refractivity contribution in [2.75, 3.05) is 17.7 Å². The fourth-order valence-corrected chi connectivity index (χ4v) is 1.56. The SMILES string of the molecule is Nc1cc(OCCCBr)c(Cl)cc1Cl. The van der Waals surface area contributed by atoms with Gasteiger partial charge in [-0.1, -0.05) is 39.1 Å². The Morgan fingerprint density at radius 2 is 2.00 bits per heavy atom. The summed E-state index contributed by atoms with van der Waals surface area (Å²) in [6, 6.07) is 3.22. The Bertz CT molecular complexity index is 320. The summed E-state index contributed by atoms with van der Waals surface area (Å²) in [7, 11) is 0. The molecule has 14 heavy (non-hydrogen) atoms. The summed E-state index contributed by atoms with van der Waals surface area (Å²) < 4.78 is 5.41. The number of nitrogen functional groups attached to an aromatic ring is 1. The molecule has 0 unspecified atom stereocenters. The lowest BCUT2D eigenvalue weighted by molar-refractivity contribution is 0.319. The summed E-state index contributed by atoms with van der Waals surface area (Å²) >= 11 is 15.0. The second-order valence-corrected chi connectivity index (χ2v) is 4.30. The van der Waals surface area contributed by atoms with Gasteiger partial charge in [-0.25, -0.2) is 0 Å². The third-order valence-electron chi connectivity index (χ3n) is 1.59. The Morgan fingerprint density at radius 3 is 2.64 bits per heavy atom. The van der Waals surface area contributed by atoms with Gasteiger partial charge in [0.25, 0.3) is 0 Å². The minimum atomic E-state index is 0.447. The molecule has 1 aromatic carbocycles. The third-order valence-corrected chi connectivity index (χ3v) is 2.77. The Labute approximate surface area is 101 Å². The zero-order valence-electron chi connectivity index (χ0n) is 7.40. The maximum atomic E-state index is 5.90. The summed E-state index contributed by atoms with van der Waals surface area (Å²) in [5.41, 5.74) is 6.09. The third kappa shape index (κ3) is 3.23. The van der Waals surface area contributed by atoms with E-state index in [0.717, 1.165) is 11.8 Å². The van der Waals surface area contributed by atoms with Gasteiger partial charge in [-0.3, -0.25) is 0 Å². The van der Waals surface area contributed by atoms with Gasteiger partial charge in [0, 0.05) is 11.4 Å². The summed E-state index contributed by atoms with van der Waals surface area (Å²) in [5.74, 6) is 0.578. The highest BCUT2D eigenvalue weighted by Crippen LogP contribution is 2.32. The van der Waals surface area contributed by atoms with Crippen molar-refractivity contribution in [2.45, 2.75) is 6.42 Å². The molecule has 0 aliphatic carbocycles. The second-order valence-electron chi connectivity index (χ2n) is 2.70. The van der Waals surface area contributed by atoms with E-state index in [1.165, 1.54) is 0 Å². The van der Waals surface area contributed by atoms with Gasteiger partial charge < -0.3 is 10.5 Å². The molecule has 0 saturated carbocycles. The van der Waals surface area contributed by atoms with Gasteiger partial charge in [0.2, 0.25) is 0 Å². The summed E-state index contributed by atoms with van der Waals surface area (Å²) in [6.07, 6.45) is 0.916. The van der Waals surface area contributed by atoms with E-state index in [4.69, 9.17) is 33.7 Å². The zero-order valence-corrected chi connectivity index (χ0v) is 10.5. The number of benzene rings is 1. The minimum Gasteiger partial charge on any atom is -0.492 e. The number of nitrogens with two attached hydrogens (primary N) is 1. The highest BCUT2D eigenvalue weighted by molar-refractivity contribution is 9.09. The molecule has 1 rings (SSSR count). The predicted octanol–water partition coefficient (Wildman–Crippen LogP) is 3.74. The van der Waals surface area contributed by atoms with Crippen molar-refractivity contribution in [2.24, 2.45) is 0 Å². The fourth-order valence-electron chi connectivity index (χ4n) is 0.892. The highest BCUT2D eigenvalue weighted by atomic mass is 79.9. The van der Waals surface area contributed by atoms with E-state index in [1.54, 1.807) is 12.1 Å². The predicted molar refractivity (Wildman–Crippen MR) is 64.8 cm³/mol. The molecular weight excluding hydrogens is 289 g/mol. The number of hydrogen-bond donors (Lipinski definition) is 1. The Hall–Kier alpha value is -0.120. The van der Waals surface area contributed by atoms with Crippen LogP contribution in [0.1, 0.15) is 6.42 Å². The Balaban J connectivity index is 2.72. The maximum absolute atomic E-state index is 5.90. The van der Waals surface area contributed by atoms with Crippen LogP contribution in [0.4, 0.5) is 5.69 Å². The molecule has 2 N–H and O–H groups in total. The number of halogens is 3. The molecule has 0 heterocycles. The van der Waals surface area contributed by atoms with Crippen LogP contribution in [-0.2, 0) is 0 Å². The summed E-state index contributed by atoms with van der Waals surface area (Å²) in [4.78, 5) is 0. The molecule has 78 valence electrons. The number of hydrogen-bond acceptors (Lipinski definition) is 2. The number of ether oxygens (including phenoxy) is 1. The van der Waals surface area contributed by atoms with Crippen LogP contribution in [0, 0.1) is 0 Å². The Morgan fingerprint density at radius 1 is 1.29 bits per heavy atom. The van der Waals surface area contributed by atoms with Crippen molar-refractivity contribution >= 4 is 44.8 Å². The molecule has 2 nitrogen and oxygen atoms in total. The smallest absolute Gasteiger partial charge is 0.140 e. The van der Waals surface area contributed by atoms with Crippen LogP contribution in [0.5, 0.6) is 5.75 Å². The summed E-state index contributed by atoms with van der Waals surface area (Å²) in [5, 5.41) is 1.83. The quantitative estimate of drug-likeness (QED) is 0.522. The standard InChI is InChI=1S/C9H10BrCl2NO/c10-2-1-3-14-9-5-8(13)6(11)4-7(9)12/h4-5H,1-3,13H2. The molecule has 0 fully saturated rings. The average molecular weight is 299 g/mol. The van der Waals surface area contributed by atoms with Crippen molar-refractivity contribution in [3.8, 4) is 5.75 Å². The van der Waals surface area contributed by atoms with E-state index < -0.39 is 0 Å². The van der Waals surface area contributed by atoms with Gasteiger partial charge >= 0.3 is 0 Å². The van der Waals surface area contributed by atoms with E-state index in [9.17, 15) is 0 Å². The molecule has 5 heteroatoms. The average Bonchev–Trinajstić information content (AvgIpc) is 2.14. The van der Waals surface area contributed by atoms with Crippen molar-refractivity contribution in [3.63, 3.8) is 0 Å². The first-order valence-corrected chi connectivity index (χ1v) is 5.96. The molecule has 0 aromatic heterocycles. The van der Waals surface area contributed by atoms with E-state index >= 15 is 0 Å². The lowest BCUT2D eigenvalue weighted by Gasteiger charge is -2.08. The van der Waals surface area contributed by atoms with Crippen LogP contribution in [0.2, 0.25) is 10.0 Å². The van der Waals surface area contributed by atoms with E-state index in [2.05, 4.69) is 15.9 Å². The van der Waals surface area contributed by atoms with Crippen LogP contribution in [0.25, 0.3) is 0 Å². The van der Waals surface area contributed by atoms with Crippen LogP contribution >= 0.6 is 39.1 Å². The van der Waals surface area contributed by atoms with Crippen LogP contribution < -0.4 is 10.5 Å². The van der Waals surface area contributed by atoms with Crippen molar-refractivity contribution in [1.29, 1.82) is 0 Å². The van der Waals surface area contributed by atoms with Crippen molar-refractivity contribution in [1.82, 2.24) is 0 Å². The first-order chi connectivity index (χ1) is 6.65. The molecule has 0 radical (unpaired) electrons. The second kappa shape index (κ2) is 5.69. The van der Waals surface area contributed by atoms with Crippen LogP contribution in [0.15, 0.2) is 12.1 Å². The van der Waals surface area contributed by atoms with Gasteiger partial charge in [-0.15, -0.1) is 0 Å². The first-order valence-electron chi connectivity index (χ1n) is 4.08. The molecule has 0 amide bonds. The van der Waals surface area contributed by atoms with Gasteiger partial charge in [0.1, 0.15) is 5.75 Å².